The normalized spacial score (nSPS) is 11.3. The minimum Gasteiger partial charge on any atom is -0.388 e. The lowest BCUT2D eigenvalue weighted by Gasteiger charge is -2.27. The summed E-state index contributed by atoms with van der Waals surface area (Å²) in [6.07, 6.45) is 2.66. The van der Waals surface area contributed by atoms with Gasteiger partial charge in [0.15, 0.2) is 0 Å². The molecule has 1 aromatic rings. The van der Waals surface area contributed by atoms with Crippen molar-refractivity contribution in [2.75, 3.05) is 11.9 Å². The van der Waals surface area contributed by atoms with Crippen molar-refractivity contribution in [1.82, 2.24) is 5.32 Å². The topological polar surface area (TPSA) is 61.4 Å². The highest BCUT2D eigenvalue weighted by Crippen LogP contribution is 2.20. The van der Waals surface area contributed by atoms with E-state index >= 15 is 0 Å². The molecule has 6 heteroatoms. The first-order valence-corrected chi connectivity index (χ1v) is 7.13. The van der Waals surface area contributed by atoms with E-state index in [9.17, 15) is 18.7 Å². The third-order valence-corrected chi connectivity index (χ3v) is 3.21. The zero-order chi connectivity index (χ0) is 15.9. The molecule has 0 aliphatic rings. The van der Waals surface area contributed by atoms with Crippen LogP contribution in [0.4, 0.5) is 19.3 Å². The van der Waals surface area contributed by atoms with Gasteiger partial charge in [0.05, 0.1) is 5.60 Å². The molecular formula is C15H22F2N2O2. The van der Waals surface area contributed by atoms with E-state index in [1.165, 1.54) is 6.07 Å². The molecule has 0 unspecified atom stereocenters. The second kappa shape index (κ2) is 7.93. The van der Waals surface area contributed by atoms with E-state index in [0.717, 1.165) is 25.0 Å². The Morgan fingerprint density at radius 3 is 2.19 bits per heavy atom. The monoisotopic (exact) mass is 300 g/mol. The molecule has 3 N–H and O–H groups in total. The number of amides is 2. The summed E-state index contributed by atoms with van der Waals surface area (Å²) in [7, 11) is 0. The zero-order valence-corrected chi connectivity index (χ0v) is 12.4. The number of halogens is 2. The first-order chi connectivity index (χ1) is 9.91. The van der Waals surface area contributed by atoms with Crippen LogP contribution in [-0.4, -0.2) is 23.3 Å². The Morgan fingerprint density at radius 1 is 1.19 bits per heavy atom. The van der Waals surface area contributed by atoms with Crippen molar-refractivity contribution in [3.05, 3.63) is 29.8 Å². The summed E-state index contributed by atoms with van der Waals surface area (Å²) in [6, 6.07) is 2.59. The Morgan fingerprint density at radius 2 is 1.71 bits per heavy atom. The van der Waals surface area contributed by atoms with Gasteiger partial charge in [0.25, 0.3) is 0 Å². The molecule has 0 heterocycles. The molecule has 21 heavy (non-hydrogen) atoms. The molecule has 0 fully saturated rings. The number of para-hydroxylation sites is 1. The maximum atomic E-state index is 13.4. The molecule has 0 aromatic heterocycles. The van der Waals surface area contributed by atoms with Gasteiger partial charge in [-0.25, -0.2) is 13.6 Å². The van der Waals surface area contributed by atoms with Gasteiger partial charge < -0.3 is 15.7 Å². The Hall–Kier alpha value is -1.69. The van der Waals surface area contributed by atoms with Crippen LogP contribution < -0.4 is 10.6 Å². The van der Waals surface area contributed by atoms with Crippen molar-refractivity contribution in [2.24, 2.45) is 0 Å². The molecule has 118 valence electrons. The summed E-state index contributed by atoms with van der Waals surface area (Å²) in [6.45, 7) is 3.92. The average Bonchev–Trinajstić information content (AvgIpc) is 2.42. The number of rotatable bonds is 7. The highest BCUT2D eigenvalue weighted by Gasteiger charge is 2.25. The Labute approximate surface area is 123 Å². The first kappa shape index (κ1) is 17.4. The molecule has 0 spiro atoms. The van der Waals surface area contributed by atoms with Crippen LogP contribution in [0.1, 0.15) is 39.5 Å². The van der Waals surface area contributed by atoms with E-state index in [1.807, 2.05) is 13.8 Å². The van der Waals surface area contributed by atoms with E-state index in [4.69, 9.17) is 0 Å². The van der Waals surface area contributed by atoms with Gasteiger partial charge in [-0.15, -0.1) is 0 Å². The molecule has 0 saturated heterocycles. The molecule has 1 aromatic carbocycles. The number of carbonyl (C=O) groups excluding carboxylic acids is 1. The van der Waals surface area contributed by atoms with Gasteiger partial charge in [-0.2, -0.15) is 0 Å². The van der Waals surface area contributed by atoms with Gasteiger partial charge in [-0.05, 0) is 25.0 Å². The summed E-state index contributed by atoms with van der Waals surface area (Å²) in [5.41, 5.74) is -1.49. The minimum absolute atomic E-state index is 0.0383. The van der Waals surface area contributed by atoms with Gasteiger partial charge in [-0.3, -0.25) is 0 Å². The summed E-state index contributed by atoms with van der Waals surface area (Å²) < 4.78 is 26.8. The van der Waals surface area contributed by atoms with E-state index in [1.54, 1.807) is 0 Å². The van der Waals surface area contributed by atoms with E-state index in [-0.39, 0.29) is 6.54 Å². The summed E-state index contributed by atoms with van der Waals surface area (Å²) >= 11 is 0. The Kier molecular flexibility index (Phi) is 6.55. The summed E-state index contributed by atoms with van der Waals surface area (Å²) in [4.78, 5) is 11.7. The largest absolute Gasteiger partial charge is 0.388 e. The van der Waals surface area contributed by atoms with Crippen LogP contribution in [-0.2, 0) is 0 Å². The summed E-state index contributed by atoms with van der Waals surface area (Å²) in [5, 5.41) is 14.9. The van der Waals surface area contributed by atoms with Crippen LogP contribution in [0.2, 0.25) is 0 Å². The second-order valence-electron chi connectivity index (χ2n) is 5.13. The second-order valence-corrected chi connectivity index (χ2v) is 5.13. The highest BCUT2D eigenvalue weighted by atomic mass is 19.1. The minimum atomic E-state index is -0.991. The molecule has 0 bridgehead atoms. The molecule has 0 atom stereocenters. The van der Waals surface area contributed by atoms with Crippen LogP contribution in [0.3, 0.4) is 0 Å². The fraction of sp³-hybridized carbons (Fsp3) is 0.533. The maximum Gasteiger partial charge on any atom is 0.319 e. The lowest BCUT2D eigenvalue weighted by molar-refractivity contribution is 0.0245. The smallest absolute Gasteiger partial charge is 0.319 e. The van der Waals surface area contributed by atoms with Crippen LogP contribution >= 0.6 is 0 Å². The SMILES string of the molecule is CCCC(O)(CCC)CNC(=O)Nc1c(F)cccc1F. The summed E-state index contributed by atoms with van der Waals surface area (Å²) in [5.74, 6) is -1.69. The lowest BCUT2D eigenvalue weighted by atomic mass is 9.93. The van der Waals surface area contributed by atoms with Crippen LogP contribution in [0.5, 0.6) is 0 Å². The van der Waals surface area contributed by atoms with Crippen molar-refractivity contribution in [2.45, 2.75) is 45.1 Å². The van der Waals surface area contributed by atoms with Gasteiger partial charge >= 0.3 is 6.03 Å². The van der Waals surface area contributed by atoms with Gasteiger partial charge in [-0.1, -0.05) is 32.8 Å². The molecule has 1 rings (SSSR count). The number of carbonyl (C=O) groups is 1. The van der Waals surface area contributed by atoms with E-state index in [0.29, 0.717) is 12.8 Å². The van der Waals surface area contributed by atoms with Gasteiger partial charge in [0.1, 0.15) is 17.3 Å². The third-order valence-electron chi connectivity index (χ3n) is 3.21. The predicted molar refractivity (Wildman–Crippen MR) is 78.1 cm³/mol. The molecule has 4 nitrogen and oxygen atoms in total. The van der Waals surface area contributed by atoms with Gasteiger partial charge in [0.2, 0.25) is 0 Å². The van der Waals surface area contributed by atoms with Crippen molar-refractivity contribution >= 4 is 11.7 Å². The zero-order valence-electron chi connectivity index (χ0n) is 12.4. The molecule has 0 aliphatic heterocycles. The van der Waals surface area contributed by atoms with Crippen molar-refractivity contribution < 1.29 is 18.7 Å². The number of benzene rings is 1. The fourth-order valence-electron chi connectivity index (χ4n) is 2.25. The van der Waals surface area contributed by atoms with E-state index in [2.05, 4.69) is 10.6 Å². The standard InChI is InChI=1S/C15H22F2N2O2/c1-3-8-15(21,9-4-2)10-18-14(20)19-13-11(16)6-5-7-12(13)17/h5-7,21H,3-4,8-10H2,1-2H3,(H2,18,19,20). The maximum absolute atomic E-state index is 13.4. The van der Waals surface area contributed by atoms with Crippen LogP contribution in [0.15, 0.2) is 18.2 Å². The Balaban J connectivity index is 2.61. The number of hydrogen-bond donors (Lipinski definition) is 3. The lowest BCUT2D eigenvalue weighted by Crippen LogP contribution is -2.44. The quantitative estimate of drug-likeness (QED) is 0.722. The van der Waals surface area contributed by atoms with Crippen molar-refractivity contribution in [1.29, 1.82) is 0 Å². The van der Waals surface area contributed by atoms with E-state index < -0.39 is 29.0 Å². The molecule has 2 amide bonds. The predicted octanol–water partition coefficient (Wildman–Crippen LogP) is 3.42. The van der Waals surface area contributed by atoms with Crippen molar-refractivity contribution in [3.63, 3.8) is 0 Å². The third kappa shape index (κ3) is 5.30. The number of nitrogens with one attached hydrogen (secondary N) is 2. The van der Waals surface area contributed by atoms with Gasteiger partial charge in [0, 0.05) is 6.54 Å². The number of urea groups is 1. The highest BCUT2D eigenvalue weighted by molar-refractivity contribution is 5.89. The molecular weight excluding hydrogens is 278 g/mol. The molecule has 0 radical (unpaired) electrons. The Bertz CT molecular complexity index is 454. The molecule has 0 saturated carbocycles. The average molecular weight is 300 g/mol. The molecule has 0 aliphatic carbocycles. The van der Waals surface area contributed by atoms with Crippen molar-refractivity contribution in [3.8, 4) is 0 Å². The van der Waals surface area contributed by atoms with Crippen LogP contribution in [0, 0.1) is 11.6 Å². The first-order valence-electron chi connectivity index (χ1n) is 7.13. The number of anilines is 1. The van der Waals surface area contributed by atoms with Crippen LogP contribution in [0.25, 0.3) is 0 Å². The fourth-order valence-corrected chi connectivity index (χ4v) is 2.25. The number of aliphatic hydroxyl groups is 1. The number of hydrogen-bond acceptors (Lipinski definition) is 2.